The molecule has 2 rings (SSSR count). The number of hydrogen-bond donors (Lipinski definition) is 3. The summed E-state index contributed by atoms with van der Waals surface area (Å²) >= 11 is 0. The lowest BCUT2D eigenvalue weighted by Gasteiger charge is -2.06. The van der Waals surface area contributed by atoms with E-state index in [1.54, 1.807) is 24.3 Å². The summed E-state index contributed by atoms with van der Waals surface area (Å²) < 4.78 is 4.71. The number of methoxy groups -OCH3 is 1. The van der Waals surface area contributed by atoms with E-state index in [2.05, 4.69) is 26.0 Å². The highest BCUT2D eigenvalue weighted by atomic mass is 16.5. The lowest BCUT2D eigenvalue weighted by atomic mass is 10.2. The van der Waals surface area contributed by atoms with Crippen molar-refractivity contribution in [1.29, 1.82) is 0 Å². The van der Waals surface area contributed by atoms with Crippen molar-refractivity contribution in [2.45, 2.75) is 0 Å². The highest BCUT2D eigenvalue weighted by Gasteiger charge is 2.08. The molecule has 2 amide bonds. The molecule has 0 atom stereocenters. The molecule has 0 radical (unpaired) electrons. The number of carbonyl (C=O) groups is 2. The van der Waals surface area contributed by atoms with Gasteiger partial charge in [0.25, 0.3) is 5.91 Å². The molecule has 0 aliphatic carbocycles. The Morgan fingerprint density at radius 1 is 1.20 bits per heavy atom. The van der Waals surface area contributed by atoms with Gasteiger partial charge in [0, 0.05) is 18.5 Å². The zero-order valence-electron chi connectivity index (χ0n) is 10.7. The van der Waals surface area contributed by atoms with Gasteiger partial charge in [-0.3, -0.25) is 9.59 Å². The average Bonchev–Trinajstić information content (AvgIpc) is 2.95. The molecule has 0 unspecified atom stereocenters. The van der Waals surface area contributed by atoms with Crippen LogP contribution in [0, 0.1) is 0 Å². The third-order valence-electron chi connectivity index (χ3n) is 2.35. The summed E-state index contributed by atoms with van der Waals surface area (Å²) in [7, 11) is 1.45. The van der Waals surface area contributed by atoms with Gasteiger partial charge in [-0.25, -0.2) is 0 Å². The molecule has 104 valence electrons. The predicted octanol–water partition coefficient (Wildman–Crippen LogP) is 0.642. The van der Waals surface area contributed by atoms with Crippen molar-refractivity contribution in [3.05, 3.63) is 36.2 Å². The molecule has 1 heterocycles. The first-order valence-corrected chi connectivity index (χ1v) is 5.75. The number of hydrogen-bond acceptors (Lipinski definition) is 5. The second kappa shape index (κ2) is 6.43. The van der Waals surface area contributed by atoms with Gasteiger partial charge in [-0.15, -0.1) is 0 Å². The molecule has 8 nitrogen and oxygen atoms in total. The van der Waals surface area contributed by atoms with E-state index in [0.29, 0.717) is 11.4 Å². The molecule has 20 heavy (non-hydrogen) atoms. The lowest BCUT2D eigenvalue weighted by molar-refractivity contribution is -0.119. The Hall–Kier alpha value is -2.74. The molecule has 0 aliphatic rings. The lowest BCUT2D eigenvalue weighted by Crippen LogP contribution is -2.17. The molecule has 0 bridgehead atoms. The molecule has 0 saturated carbocycles. The van der Waals surface area contributed by atoms with Crippen molar-refractivity contribution < 1.29 is 14.3 Å². The number of benzene rings is 1. The minimum absolute atomic E-state index is 0.00928. The van der Waals surface area contributed by atoms with Crippen LogP contribution < -0.4 is 10.6 Å². The fourth-order valence-electron chi connectivity index (χ4n) is 1.47. The zero-order valence-corrected chi connectivity index (χ0v) is 10.7. The number of H-pyrrole nitrogens is 1. The summed E-state index contributed by atoms with van der Waals surface area (Å²) in [5, 5.41) is 14.9. The summed E-state index contributed by atoms with van der Waals surface area (Å²) in [5.41, 5.74) is 1.40. The van der Waals surface area contributed by atoms with Gasteiger partial charge in [-0.2, -0.15) is 15.4 Å². The zero-order chi connectivity index (χ0) is 14.4. The van der Waals surface area contributed by atoms with Gasteiger partial charge in [0.2, 0.25) is 5.91 Å². The molecule has 0 saturated heterocycles. The van der Waals surface area contributed by atoms with Crippen LogP contribution in [-0.2, 0) is 9.53 Å². The quantitative estimate of drug-likeness (QED) is 0.742. The van der Waals surface area contributed by atoms with Gasteiger partial charge in [-0.1, -0.05) is 0 Å². The van der Waals surface area contributed by atoms with Gasteiger partial charge in [-0.05, 0) is 24.3 Å². The van der Waals surface area contributed by atoms with Crippen LogP contribution in [0.1, 0.15) is 10.5 Å². The topological polar surface area (TPSA) is 109 Å². The molecule has 0 spiro atoms. The van der Waals surface area contributed by atoms with Crippen LogP contribution in [0.15, 0.2) is 30.5 Å². The maximum absolute atomic E-state index is 11.7. The summed E-state index contributed by atoms with van der Waals surface area (Å²) in [6, 6.07) is 6.68. The maximum Gasteiger partial charge on any atom is 0.277 e. The van der Waals surface area contributed by atoms with Crippen molar-refractivity contribution in [1.82, 2.24) is 15.4 Å². The van der Waals surface area contributed by atoms with E-state index >= 15 is 0 Å². The molecular weight excluding hydrogens is 262 g/mol. The first-order valence-electron chi connectivity index (χ1n) is 5.75. The number of carbonyl (C=O) groups excluding carboxylic acids is 2. The molecular formula is C12H13N5O3. The first-order chi connectivity index (χ1) is 9.69. The SMILES string of the molecule is COCC(=O)Nc1ccc(NC(=O)c2cn[nH]n2)cc1. The van der Waals surface area contributed by atoms with E-state index < -0.39 is 0 Å². The van der Waals surface area contributed by atoms with Crippen molar-refractivity contribution in [3.8, 4) is 0 Å². The number of amides is 2. The minimum atomic E-state index is -0.366. The maximum atomic E-state index is 11.7. The van der Waals surface area contributed by atoms with Crippen LogP contribution >= 0.6 is 0 Å². The van der Waals surface area contributed by atoms with Crippen molar-refractivity contribution in [2.75, 3.05) is 24.4 Å². The van der Waals surface area contributed by atoms with Gasteiger partial charge in [0.15, 0.2) is 5.69 Å². The van der Waals surface area contributed by atoms with E-state index in [0.717, 1.165) is 0 Å². The predicted molar refractivity (Wildman–Crippen MR) is 71.3 cm³/mol. The largest absolute Gasteiger partial charge is 0.375 e. The first kappa shape index (κ1) is 13.7. The van der Waals surface area contributed by atoms with Crippen LogP contribution in [0.5, 0.6) is 0 Å². The normalized spacial score (nSPS) is 10.1. The fraction of sp³-hybridized carbons (Fsp3) is 0.167. The molecule has 0 fully saturated rings. The summed E-state index contributed by atoms with van der Waals surface area (Å²) in [4.78, 5) is 23.0. The highest BCUT2D eigenvalue weighted by molar-refractivity contribution is 6.02. The van der Waals surface area contributed by atoms with Gasteiger partial charge in [0.1, 0.15) is 6.61 Å². The standard InChI is InChI=1S/C12H13N5O3/c1-20-7-11(18)14-8-2-4-9(5-3-8)15-12(19)10-6-13-17-16-10/h2-6H,7H2,1H3,(H,14,18)(H,15,19)(H,13,16,17). The Balaban J connectivity index is 1.95. The van der Waals surface area contributed by atoms with E-state index in [-0.39, 0.29) is 24.1 Å². The number of anilines is 2. The second-order valence-electron chi connectivity index (χ2n) is 3.87. The molecule has 3 N–H and O–H groups in total. The van der Waals surface area contributed by atoms with E-state index in [1.807, 2.05) is 0 Å². The van der Waals surface area contributed by atoms with Crippen molar-refractivity contribution in [2.24, 2.45) is 0 Å². The second-order valence-corrected chi connectivity index (χ2v) is 3.87. The molecule has 1 aromatic heterocycles. The fourth-order valence-corrected chi connectivity index (χ4v) is 1.47. The summed E-state index contributed by atoms with van der Waals surface area (Å²) in [6.07, 6.45) is 1.33. The van der Waals surface area contributed by atoms with E-state index in [4.69, 9.17) is 4.74 Å². The van der Waals surface area contributed by atoms with Crippen LogP contribution in [0.2, 0.25) is 0 Å². The smallest absolute Gasteiger partial charge is 0.277 e. The monoisotopic (exact) mass is 275 g/mol. The minimum Gasteiger partial charge on any atom is -0.375 e. The number of nitrogens with zero attached hydrogens (tertiary/aromatic N) is 2. The van der Waals surface area contributed by atoms with Gasteiger partial charge >= 0.3 is 0 Å². The molecule has 8 heteroatoms. The number of ether oxygens (including phenoxy) is 1. The van der Waals surface area contributed by atoms with Crippen LogP contribution in [0.4, 0.5) is 11.4 Å². The Morgan fingerprint density at radius 3 is 2.40 bits per heavy atom. The van der Waals surface area contributed by atoms with Crippen LogP contribution in [0.3, 0.4) is 0 Å². The van der Waals surface area contributed by atoms with Gasteiger partial charge < -0.3 is 15.4 Å². The van der Waals surface area contributed by atoms with Crippen LogP contribution in [0.25, 0.3) is 0 Å². The molecule has 0 aliphatic heterocycles. The molecule has 2 aromatic rings. The highest BCUT2D eigenvalue weighted by Crippen LogP contribution is 2.14. The van der Waals surface area contributed by atoms with E-state index in [9.17, 15) is 9.59 Å². The van der Waals surface area contributed by atoms with Crippen molar-refractivity contribution in [3.63, 3.8) is 0 Å². The third-order valence-corrected chi connectivity index (χ3v) is 2.35. The Labute approximate surface area is 114 Å². The van der Waals surface area contributed by atoms with Crippen LogP contribution in [-0.4, -0.2) is 40.9 Å². The molecule has 1 aromatic carbocycles. The summed E-state index contributed by atoms with van der Waals surface area (Å²) in [6.45, 7) is -0.00928. The Kier molecular flexibility index (Phi) is 4.40. The van der Waals surface area contributed by atoms with Gasteiger partial charge in [0.05, 0.1) is 6.20 Å². The summed E-state index contributed by atoms with van der Waals surface area (Å²) in [5.74, 6) is -0.609. The third kappa shape index (κ3) is 3.62. The number of nitrogens with one attached hydrogen (secondary N) is 3. The van der Waals surface area contributed by atoms with E-state index in [1.165, 1.54) is 13.3 Å². The Bertz CT molecular complexity index is 580. The average molecular weight is 275 g/mol. The number of rotatable bonds is 5. The number of aromatic amines is 1. The Morgan fingerprint density at radius 2 is 1.85 bits per heavy atom. The number of aromatic nitrogens is 3. The van der Waals surface area contributed by atoms with Crippen molar-refractivity contribution >= 4 is 23.2 Å².